The number of carbonyl (C=O) groups excluding carboxylic acids is 1. The number of amides is 1. The minimum atomic E-state index is -2.92. The Balaban J connectivity index is 1.89. The third-order valence-electron chi connectivity index (χ3n) is 4.38. The summed E-state index contributed by atoms with van der Waals surface area (Å²) in [5.41, 5.74) is 2.36. The van der Waals surface area contributed by atoms with Crippen LogP contribution in [0.25, 0.3) is 0 Å². The molecule has 1 aromatic rings. The van der Waals surface area contributed by atoms with Gasteiger partial charge in [0, 0.05) is 13.0 Å². The smallest absolute Gasteiger partial charge is 0.220 e. The summed E-state index contributed by atoms with van der Waals surface area (Å²) in [4.78, 5) is 14.2. The van der Waals surface area contributed by atoms with Crippen molar-refractivity contribution in [3.63, 3.8) is 0 Å². The molecule has 1 amide bonds. The Labute approximate surface area is 139 Å². The van der Waals surface area contributed by atoms with Crippen LogP contribution in [0.1, 0.15) is 30.0 Å². The van der Waals surface area contributed by atoms with Crippen molar-refractivity contribution in [3.05, 3.63) is 35.4 Å². The molecule has 1 fully saturated rings. The summed E-state index contributed by atoms with van der Waals surface area (Å²) in [6.07, 6.45) is 0.901. The van der Waals surface area contributed by atoms with Crippen LogP contribution in [0, 0.1) is 12.8 Å². The van der Waals surface area contributed by atoms with Crippen LogP contribution in [-0.4, -0.2) is 51.4 Å². The number of aryl methyl sites for hydroxylation is 1. The molecule has 1 N–H and O–H groups in total. The summed E-state index contributed by atoms with van der Waals surface area (Å²) in [6.45, 7) is 2.57. The molecule has 0 radical (unpaired) electrons. The Morgan fingerprint density at radius 3 is 2.48 bits per heavy atom. The first-order chi connectivity index (χ1) is 10.8. The Bertz CT molecular complexity index is 638. The lowest BCUT2D eigenvalue weighted by atomic mass is 10.0. The van der Waals surface area contributed by atoms with Gasteiger partial charge in [0.15, 0.2) is 9.84 Å². The molecule has 1 aliphatic heterocycles. The normalized spacial score (nSPS) is 21.3. The van der Waals surface area contributed by atoms with E-state index in [1.54, 1.807) is 0 Å². The van der Waals surface area contributed by atoms with Gasteiger partial charge in [-0.25, -0.2) is 8.42 Å². The monoisotopic (exact) mass is 338 g/mol. The number of nitrogens with zero attached hydrogens (tertiary/aromatic N) is 1. The standard InChI is InChI=1S/C17H26N2O3S/c1-13-4-6-15(7-5-13)16(19(2)3)11-18-17(20)10-14-8-9-23(21,22)12-14/h4-7,14,16H,8-12H2,1-3H3,(H,18,20)/t14-,16-/m0/s1. The topological polar surface area (TPSA) is 66.5 Å². The Morgan fingerprint density at radius 2 is 1.96 bits per heavy atom. The van der Waals surface area contributed by atoms with E-state index < -0.39 is 9.84 Å². The molecule has 1 saturated heterocycles. The van der Waals surface area contributed by atoms with Crippen molar-refractivity contribution in [1.29, 1.82) is 0 Å². The van der Waals surface area contributed by atoms with Gasteiger partial charge in [-0.05, 0) is 38.9 Å². The Kier molecular flexibility index (Phi) is 5.81. The highest BCUT2D eigenvalue weighted by atomic mass is 32.2. The molecule has 1 aromatic carbocycles. The largest absolute Gasteiger partial charge is 0.354 e. The lowest BCUT2D eigenvalue weighted by Crippen LogP contribution is -2.35. The van der Waals surface area contributed by atoms with Crippen LogP contribution in [0.15, 0.2) is 24.3 Å². The van der Waals surface area contributed by atoms with Crippen LogP contribution in [0.5, 0.6) is 0 Å². The zero-order valence-corrected chi connectivity index (χ0v) is 14.9. The zero-order chi connectivity index (χ0) is 17.0. The molecular weight excluding hydrogens is 312 g/mol. The molecule has 5 nitrogen and oxygen atoms in total. The highest BCUT2D eigenvalue weighted by Gasteiger charge is 2.29. The maximum Gasteiger partial charge on any atom is 0.220 e. The van der Waals surface area contributed by atoms with Crippen molar-refractivity contribution in [3.8, 4) is 0 Å². The average Bonchev–Trinajstić information content (AvgIpc) is 2.79. The SMILES string of the molecule is Cc1ccc([C@H](CNC(=O)C[C@@H]2CCS(=O)(=O)C2)N(C)C)cc1. The molecule has 0 bridgehead atoms. The summed E-state index contributed by atoms with van der Waals surface area (Å²) >= 11 is 0. The quantitative estimate of drug-likeness (QED) is 0.854. The van der Waals surface area contributed by atoms with E-state index in [2.05, 4.69) is 34.5 Å². The first-order valence-corrected chi connectivity index (χ1v) is 9.79. The second-order valence-corrected chi connectivity index (χ2v) is 8.90. The lowest BCUT2D eigenvalue weighted by Gasteiger charge is -2.25. The number of carbonyl (C=O) groups is 1. The van der Waals surface area contributed by atoms with Crippen molar-refractivity contribution in [2.24, 2.45) is 5.92 Å². The maximum atomic E-state index is 12.1. The molecule has 2 rings (SSSR count). The highest BCUT2D eigenvalue weighted by molar-refractivity contribution is 7.91. The predicted octanol–water partition coefficient (Wildman–Crippen LogP) is 1.54. The van der Waals surface area contributed by atoms with Crippen LogP contribution in [0.2, 0.25) is 0 Å². The van der Waals surface area contributed by atoms with E-state index in [9.17, 15) is 13.2 Å². The van der Waals surface area contributed by atoms with Gasteiger partial charge in [0.25, 0.3) is 0 Å². The number of hydrogen-bond acceptors (Lipinski definition) is 4. The van der Waals surface area contributed by atoms with Crippen molar-refractivity contribution in [2.75, 3.05) is 32.1 Å². The van der Waals surface area contributed by atoms with E-state index in [0.717, 1.165) is 5.56 Å². The van der Waals surface area contributed by atoms with E-state index >= 15 is 0 Å². The van der Waals surface area contributed by atoms with Gasteiger partial charge in [0.05, 0.1) is 17.5 Å². The molecule has 23 heavy (non-hydrogen) atoms. The van der Waals surface area contributed by atoms with E-state index in [-0.39, 0.29) is 29.4 Å². The van der Waals surface area contributed by atoms with Crippen molar-refractivity contribution >= 4 is 15.7 Å². The van der Waals surface area contributed by atoms with Gasteiger partial charge in [0.1, 0.15) is 0 Å². The molecule has 1 heterocycles. The van der Waals surface area contributed by atoms with Gasteiger partial charge in [-0.2, -0.15) is 0 Å². The number of benzene rings is 1. The highest BCUT2D eigenvalue weighted by Crippen LogP contribution is 2.22. The summed E-state index contributed by atoms with van der Waals surface area (Å²) in [5.74, 6) is 0.271. The lowest BCUT2D eigenvalue weighted by molar-refractivity contribution is -0.122. The molecule has 0 spiro atoms. The summed E-state index contributed by atoms with van der Waals surface area (Å²) in [6, 6.07) is 8.39. The molecule has 128 valence electrons. The third-order valence-corrected chi connectivity index (χ3v) is 6.22. The van der Waals surface area contributed by atoms with Gasteiger partial charge in [-0.3, -0.25) is 4.79 Å². The van der Waals surface area contributed by atoms with Crippen LogP contribution >= 0.6 is 0 Å². The molecule has 0 unspecified atom stereocenters. The van der Waals surface area contributed by atoms with E-state index in [4.69, 9.17) is 0 Å². The number of likely N-dealkylation sites (N-methyl/N-ethyl adjacent to an activating group) is 1. The van der Waals surface area contributed by atoms with E-state index in [1.807, 2.05) is 21.0 Å². The second-order valence-electron chi connectivity index (χ2n) is 6.67. The molecular formula is C17H26N2O3S. The van der Waals surface area contributed by atoms with Crippen LogP contribution < -0.4 is 5.32 Å². The van der Waals surface area contributed by atoms with E-state index in [0.29, 0.717) is 19.4 Å². The fraction of sp³-hybridized carbons (Fsp3) is 0.588. The Morgan fingerprint density at radius 1 is 1.30 bits per heavy atom. The molecule has 2 atom stereocenters. The average molecular weight is 338 g/mol. The first-order valence-electron chi connectivity index (χ1n) is 7.97. The number of rotatable bonds is 6. The van der Waals surface area contributed by atoms with Gasteiger partial charge < -0.3 is 10.2 Å². The first kappa shape index (κ1) is 17.9. The predicted molar refractivity (Wildman–Crippen MR) is 92.0 cm³/mol. The zero-order valence-electron chi connectivity index (χ0n) is 14.1. The van der Waals surface area contributed by atoms with Crippen molar-refractivity contribution in [2.45, 2.75) is 25.8 Å². The van der Waals surface area contributed by atoms with Gasteiger partial charge in [0.2, 0.25) is 5.91 Å². The van der Waals surface area contributed by atoms with Crippen molar-refractivity contribution in [1.82, 2.24) is 10.2 Å². The molecule has 0 aromatic heterocycles. The fourth-order valence-corrected chi connectivity index (χ4v) is 4.83. The third kappa shape index (κ3) is 5.32. The molecule has 0 saturated carbocycles. The minimum absolute atomic E-state index is 0.0304. The van der Waals surface area contributed by atoms with Crippen LogP contribution in [0.4, 0.5) is 0 Å². The van der Waals surface area contributed by atoms with Crippen molar-refractivity contribution < 1.29 is 13.2 Å². The number of nitrogens with one attached hydrogen (secondary N) is 1. The summed E-state index contributed by atoms with van der Waals surface area (Å²) in [5, 5.41) is 2.96. The summed E-state index contributed by atoms with van der Waals surface area (Å²) in [7, 11) is 1.05. The molecule has 0 aliphatic carbocycles. The number of sulfone groups is 1. The van der Waals surface area contributed by atoms with Crippen LogP contribution in [0.3, 0.4) is 0 Å². The van der Waals surface area contributed by atoms with Gasteiger partial charge >= 0.3 is 0 Å². The number of hydrogen-bond donors (Lipinski definition) is 1. The van der Waals surface area contributed by atoms with Crippen LogP contribution in [-0.2, 0) is 14.6 Å². The molecule has 1 aliphatic rings. The Hall–Kier alpha value is -1.40. The van der Waals surface area contributed by atoms with Gasteiger partial charge in [-0.1, -0.05) is 29.8 Å². The second kappa shape index (κ2) is 7.45. The van der Waals surface area contributed by atoms with E-state index in [1.165, 1.54) is 5.56 Å². The minimum Gasteiger partial charge on any atom is -0.354 e. The van der Waals surface area contributed by atoms with Gasteiger partial charge in [-0.15, -0.1) is 0 Å². The summed E-state index contributed by atoms with van der Waals surface area (Å²) < 4.78 is 22.9. The fourth-order valence-electron chi connectivity index (χ4n) is 2.97. The maximum absolute atomic E-state index is 12.1. The molecule has 6 heteroatoms.